The number of amides is 1. The van der Waals surface area contributed by atoms with Gasteiger partial charge in [0.2, 0.25) is 5.91 Å². The summed E-state index contributed by atoms with van der Waals surface area (Å²) >= 11 is 3.76. The van der Waals surface area contributed by atoms with Crippen LogP contribution in [0.5, 0.6) is 0 Å². The van der Waals surface area contributed by atoms with E-state index in [1.165, 1.54) is 22.3 Å². The molecule has 2 aliphatic rings. The van der Waals surface area contributed by atoms with Crippen molar-refractivity contribution in [2.75, 3.05) is 13.2 Å². The number of fused-ring (bicyclic) bond motifs is 8. The van der Waals surface area contributed by atoms with Crippen LogP contribution in [-0.2, 0) is 16.8 Å². The lowest BCUT2D eigenvalue weighted by atomic mass is 9.72. The van der Waals surface area contributed by atoms with Gasteiger partial charge in [-0.25, -0.2) is 0 Å². The van der Waals surface area contributed by atoms with Gasteiger partial charge in [-0.3, -0.25) is 4.79 Å². The number of aliphatic hydroxyl groups excluding tert-OH is 1. The van der Waals surface area contributed by atoms with Crippen LogP contribution >= 0.6 is 15.9 Å². The zero-order valence-corrected chi connectivity index (χ0v) is 19.0. The molecule has 1 amide bonds. The highest BCUT2D eigenvalue weighted by molar-refractivity contribution is 9.10. The number of halogens is 1. The van der Waals surface area contributed by atoms with Crippen LogP contribution in [0.2, 0.25) is 0 Å². The second-order valence-corrected chi connectivity index (χ2v) is 9.76. The van der Waals surface area contributed by atoms with Gasteiger partial charge in [-0.15, -0.1) is 0 Å². The number of carbonyl (C=O) groups is 1. The third-order valence-electron chi connectivity index (χ3n) is 6.95. The Hall–Kier alpha value is -2.43. The van der Waals surface area contributed by atoms with Gasteiger partial charge in [0, 0.05) is 24.4 Å². The largest absolute Gasteiger partial charge is 0.395 e. The molecule has 1 N–H and O–H groups in total. The molecular formula is C27H26BrNO2. The molecule has 0 radical (unpaired) electrons. The van der Waals surface area contributed by atoms with Gasteiger partial charge in [0.25, 0.3) is 0 Å². The van der Waals surface area contributed by atoms with Gasteiger partial charge in [0.05, 0.1) is 11.4 Å². The molecule has 0 saturated heterocycles. The normalized spacial score (nSPS) is 21.4. The molecule has 0 spiro atoms. The molecule has 0 heterocycles. The summed E-state index contributed by atoms with van der Waals surface area (Å²) in [5, 5.41) is 9.58. The summed E-state index contributed by atoms with van der Waals surface area (Å²) in [5.74, 6) is 0.456. The lowest BCUT2D eigenvalue weighted by molar-refractivity contribution is -0.131. The fraction of sp³-hybridized carbons (Fsp3) is 0.296. The van der Waals surface area contributed by atoms with Crippen molar-refractivity contribution in [3.63, 3.8) is 0 Å². The van der Waals surface area contributed by atoms with E-state index >= 15 is 0 Å². The molecule has 1 atom stereocenters. The van der Waals surface area contributed by atoms with Crippen LogP contribution in [0, 0.1) is 0 Å². The summed E-state index contributed by atoms with van der Waals surface area (Å²) in [6.07, 6.45) is 1.74. The van der Waals surface area contributed by atoms with E-state index in [1.807, 2.05) is 30.3 Å². The molecule has 1 unspecified atom stereocenters. The Kier molecular flexibility index (Phi) is 5.45. The third kappa shape index (κ3) is 3.42. The molecule has 0 fully saturated rings. The SMILES string of the molecule is O=C(C(Br)CC12CC(c3ccccc31)c1ccccc12)N(CCO)Cc1ccccc1. The van der Waals surface area contributed by atoms with E-state index in [-0.39, 0.29) is 22.8 Å². The van der Waals surface area contributed by atoms with Gasteiger partial charge in [-0.05, 0) is 40.7 Å². The summed E-state index contributed by atoms with van der Waals surface area (Å²) in [5.41, 5.74) is 6.48. The second kappa shape index (κ2) is 8.25. The number of carbonyl (C=O) groups excluding carboxylic acids is 1. The molecule has 3 aromatic carbocycles. The number of benzene rings is 3. The maximum absolute atomic E-state index is 13.5. The summed E-state index contributed by atoms with van der Waals surface area (Å²) < 4.78 is 0. The minimum absolute atomic E-state index is 0.0394. The molecule has 3 aromatic rings. The molecular weight excluding hydrogens is 450 g/mol. The maximum atomic E-state index is 13.5. The fourth-order valence-corrected chi connectivity index (χ4v) is 6.50. The van der Waals surface area contributed by atoms with E-state index in [2.05, 4.69) is 64.5 Å². The van der Waals surface area contributed by atoms with E-state index in [0.29, 0.717) is 25.4 Å². The average Bonchev–Trinajstić information content (AvgIpc) is 3.31. The molecule has 5 rings (SSSR count). The summed E-state index contributed by atoms with van der Waals surface area (Å²) in [6.45, 7) is 0.793. The zero-order chi connectivity index (χ0) is 21.4. The topological polar surface area (TPSA) is 40.5 Å². The Bertz CT molecular complexity index is 1050. The number of alkyl halides is 1. The highest BCUT2D eigenvalue weighted by atomic mass is 79.9. The Morgan fingerprint density at radius 3 is 2.16 bits per heavy atom. The highest BCUT2D eigenvalue weighted by Gasteiger charge is 2.53. The second-order valence-electron chi connectivity index (χ2n) is 8.65. The monoisotopic (exact) mass is 475 g/mol. The molecule has 0 aliphatic heterocycles. The van der Waals surface area contributed by atoms with Gasteiger partial charge in [0.1, 0.15) is 0 Å². The van der Waals surface area contributed by atoms with E-state index < -0.39 is 0 Å². The fourth-order valence-electron chi connectivity index (χ4n) is 5.66. The highest BCUT2D eigenvalue weighted by Crippen LogP contribution is 2.62. The average molecular weight is 476 g/mol. The smallest absolute Gasteiger partial charge is 0.236 e. The van der Waals surface area contributed by atoms with E-state index in [4.69, 9.17) is 0 Å². The summed E-state index contributed by atoms with van der Waals surface area (Å²) in [4.78, 5) is 14.9. The van der Waals surface area contributed by atoms with Crippen LogP contribution in [0.3, 0.4) is 0 Å². The van der Waals surface area contributed by atoms with Crippen molar-refractivity contribution in [2.24, 2.45) is 0 Å². The first kappa shape index (κ1) is 20.5. The van der Waals surface area contributed by atoms with Gasteiger partial charge in [0.15, 0.2) is 0 Å². The van der Waals surface area contributed by atoms with Crippen molar-refractivity contribution < 1.29 is 9.90 Å². The Balaban J connectivity index is 1.44. The minimum Gasteiger partial charge on any atom is -0.395 e. The summed E-state index contributed by atoms with van der Waals surface area (Å²) in [6, 6.07) is 27.4. The van der Waals surface area contributed by atoms with Gasteiger partial charge >= 0.3 is 0 Å². The number of hydrogen-bond donors (Lipinski definition) is 1. The molecule has 31 heavy (non-hydrogen) atoms. The molecule has 3 nitrogen and oxygen atoms in total. The van der Waals surface area contributed by atoms with Crippen LogP contribution in [0.4, 0.5) is 0 Å². The molecule has 0 aromatic heterocycles. The van der Waals surface area contributed by atoms with Crippen molar-refractivity contribution >= 4 is 21.8 Å². The first-order chi connectivity index (χ1) is 15.1. The van der Waals surface area contributed by atoms with Crippen LogP contribution in [-0.4, -0.2) is 33.9 Å². The van der Waals surface area contributed by atoms with E-state index in [9.17, 15) is 9.90 Å². The zero-order valence-electron chi connectivity index (χ0n) is 17.4. The Morgan fingerprint density at radius 2 is 1.55 bits per heavy atom. The number of aliphatic hydroxyl groups is 1. The molecule has 0 saturated carbocycles. The molecule has 2 aliphatic carbocycles. The summed E-state index contributed by atoms with van der Waals surface area (Å²) in [7, 11) is 0. The van der Waals surface area contributed by atoms with E-state index in [1.54, 1.807) is 4.90 Å². The number of rotatable bonds is 7. The molecule has 2 bridgehead atoms. The quantitative estimate of drug-likeness (QED) is 0.488. The van der Waals surface area contributed by atoms with Gasteiger partial charge in [-0.2, -0.15) is 0 Å². The molecule has 158 valence electrons. The van der Waals surface area contributed by atoms with Crippen molar-refractivity contribution in [1.29, 1.82) is 0 Å². The van der Waals surface area contributed by atoms with Crippen LogP contribution in [0.1, 0.15) is 46.6 Å². The van der Waals surface area contributed by atoms with Gasteiger partial charge < -0.3 is 10.0 Å². The minimum atomic E-state index is -0.319. The van der Waals surface area contributed by atoms with Crippen LogP contribution in [0.15, 0.2) is 78.9 Å². The van der Waals surface area contributed by atoms with Crippen molar-refractivity contribution in [2.45, 2.75) is 35.5 Å². The van der Waals surface area contributed by atoms with Crippen molar-refractivity contribution in [3.05, 3.63) is 107 Å². The number of hydrogen-bond acceptors (Lipinski definition) is 2. The first-order valence-corrected chi connectivity index (χ1v) is 11.8. The predicted molar refractivity (Wildman–Crippen MR) is 126 cm³/mol. The van der Waals surface area contributed by atoms with Crippen LogP contribution in [0.25, 0.3) is 0 Å². The van der Waals surface area contributed by atoms with E-state index in [0.717, 1.165) is 12.0 Å². The predicted octanol–water partition coefficient (Wildman–Crippen LogP) is 5.00. The van der Waals surface area contributed by atoms with Crippen molar-refractivity contribution in [3.8, 4) is 0 Å². The standard InChI is InChI=1S/C27H26BrNO2/c28-25(26(31)29(14-15-30)18-19-8-2-1-3-9-19)17-27-16-22(20-10-4-6-12-23(20)27)21-11-5-7-13-24(21)27/h1-13,22,25,30H,14-18H2. The number of nitrogens with zero attached hydrogens (tertiary/aromatic N) is 1. The third-order valence-corrected chi connectivity index (χ3v) is 7.67. The lowest BCUT2D eigenvalue weighted by Gasteiger charge is -2.34. The Labute approximate surface area is 191 Å². The van der Waals surface area contributed by atoms with Crippen molar-refractivity contribution in [1.82, 2.24) is 4.90 Å². The van der Waals surface area contributed by atoms with Crippen LogP contribution < -0.4 is 0 Å². The maximum Gasteiger partial charge on any atom is 0.236 e. The first-order valence-electron chi connectivity index (χ1n) is 10.9. The molecule has 4 heteroatoms. The Morgan fingerprint density at radius 1 is 0.968 bits per heavy atom. The lowest BCUT2D eigenvalue weighted by Crippen LogP contribution is -2.41. The van der Waals surface area contributed by atoms with Gasteiger partial charge in [-0.1, -0.05) is 94.8 Å².